The third kappa shape index (κ3) is 6.17. The fraction of sp³-hybridized carbons (Fsp3) is 0.138. The lowest BCUT2D eigenvalue weighted by Gasteiger charge is -2.31. The number of benzene rings is 4. The first-order valence-electron chi connectivity index (χ1n) is 11.1. The molecule has 0 radical (unpaired) electrons. The second-order valence-corrected chi connectivity index (χ2v) is 12.5. The van der Waals surface area contributed by atoms with Gasteiger partial charge in [0.1, 0.15) is 0 Å². The monoisotopic (exact) mass is 470 g/mol. The van der Waals surface area contributed by atoms with E-state index < -0.39 is 15.8 Å². The molecule has 0 aliphatic rings. The quantitative estimate of drug-likeness (QED) is 0.249. The SMILES string of the molecule is COC(=O)C[C@@H](CP(c1ccccc1)c1ccccc1)P(c1ccccc1)c1ccccc1. The van der Waals surface area contributed by atoms with Crippen molar-refractivity contribution in [1.82, 2.24) is 0 Å². The van der Waals surface area contributed by atoms with Crippen LogP contribution < -0.4 is 21.2 Å². The van der Waals surface area contributed by atoms with Gasteiger partial charge in [0.2, 0.25) is 0 Å². The summed E-state index contributed by atoms with van der Waals surface area (Å²) in [5.74, 6) is -0.143. The number of esters is 1. The highest BCUT2D eigenvalue weighted by Crippen LogP contribution is 2.48. The number of hydrogen-bond donors (Lipinski definition) is 0. The van der Waals surface area contributed by atoms with Gasteiger partial charge in [-0.15, -0.1) is 0 Å². The Morgan fingerprint density at radius 3 is 1.36 bits per heavy atom. The summed E-state index contributed by atoms with van der Waals surface area (Å²) < 4.78 is 5.17. The van der Waals surface area contributed by atoms with Gasteiger partial charge < -0.3 is 4.74 Å². The van der Waals surface area contributed by atoms with Crippen LogP contribution in [-0.4, -0.2) is 24.9 Å². The summed E-state index contributed by atoms with van der Waals surface area (Å²) in [6.45, 7) is 0. The molecule has 0 heterocycles. The fourth-order valence-electron chi connectivity index (χ4n) is 4.05. The molecule has 0 amide bonds. The van der Waals surface area contributed by atoms with Crippen LogP contribution in [0.1, 0.15) is 6.42 Å². The maximum absolute atomic E-state index is 12.6. The molecule has 0 aromatic heterocycles. The maximum Gasteiger partial charge on any atom is 0.306 e. The summed E-state index contributed by atoms with van der Waals surface area (Å²) in [7, 11) is 0.109. The van der Waals surface area contributed by atoms with Crippen molar-refractivity contribution in [2.24, 2.45) is 0 Å². The molecule has 1 atom stereocenters. The average Bonchev–Trinajstić information content (AvgIpc) is 2.89. The predicted molar refractivity (Wildman–Crippen MR) is 143 cm³/mol. The van der Waals surface area contributed by atoms with Crippen molar-refractivity contribution in [1.29, 1.82) is 0 Å². The number of hydrogen-bond acceptors (Lipinski definition) is 2. The van der Waals surface area contributed by atoms with Crippen LogP contribution >= 0.6 is 15.8 Å². The molecule has 4 aromatic rings. The molecule has 4 heteroatoms. The lowest BCUT2D eigenvalue weighted by atomic mass is 10.3. The first kappa shape index (κ1) is 23.4. The Kier molecular flexibility index (Phi) is 8.42. The summed E-state index contributed by atoms with van der Waals surface area (Å²) in [4.78, 5) is 12.6. The number of ether oxygens (including phenoxy) is 1. The molecule has 0 unspecified atom stereocenters. The topological polar surface area (TPSA) is 26.3 Å². The van der Waals surface area contributed by atoms with Gasteiger partial charge in [0.05, 0.1) is 13.5 Å². The van der Waals surface area contributed by atoms with Gasteiger partial charge in [-0.3, -0.25) is 4.79 Å². The molecular weight excluding hydrogens is 442 g/mol. The summed E-state index contributed by atoms with van der Waals surface area (Å²) in [6, 6.07) is 42.8. The van der Waals surface area contributed by atoms with Crippen LogP contribution in [0.3, 0.4) is 0 Å². The molecule has 0 saturated carbocycles. The van der Waals surface area contributed by atoms with Crippen LogP contribution in [0.25, 0.3) is 0 Å². The lowest BCUT2D eigenvalue weighted by molar-refractivity contribution is -0.140. The van der Waals surface area contributed by atoms with Crippen LogP contribution in [0.4, 0.5) is 0 Å². The van der Waals surface area contributed by atoms with E-state index in [1.807, 2.05) is 0 Å². The molecule has 0 N–H and O–H groups in total. The molecule has 0 spiro atoms. The van der Waals surface area contributed by atoms with E-state index in [-0.39, 0.29) is 11.6 Å². The number of rotatable bonds is 9. The molecule has 166 valence electrons. The van der Waals surface area contributed by atoms with Crippen molar-refractivity contribution in [2.45, 2.75) is 12.1 Å². The fourth-order valence-corrected chi connectivity index (χ4v) is 9.98. The largest absolute Gasteiger partial charge is 0.469 e. The molecule has 0 bridgehead atoms. The van der Waals surface area contributed by atoms with Crippen molar-refractivity contribution in [2.75, 3.05) is 13.3 Å². The minimum absolute atomic E-state index is 0.143. The van der Waals surface area contributed by atoms with Gasteiger partial charge in [0.25, 0.3) is 0 Å². The second kappa shape index (κ2) is 11.9. The van der Waals surface area contributed by atoms with Crippen LogP contribution in [0.5, 0.6) is 0 Å². The Hall–Kier alpha value is -2.79. The number of carbonyl (C=O) groups excluding carboxylic acids is 1. The minimum Gasteiger partial charge on any atom is -0.469 e. The smallest absolute Gasteiger partial charge is 0.306 e. The predicted octanol–water partition coefficient (Wildman–Crippen LogP) is 5.18. The van der Waals surface area contributed by atoms with Gasteiger partial charge in [0.15, 0.2) is 0 Å². The first-order chi connectivity index (χ1) is 16.3. The van der Waals surface area contributed by atoms with E-state index in [1.54, 1.807) is 0 Å². The summed E-state index contributed by atoms with van der Waals surface area (Å²) in [5.41, 5.74) is 0.156. The van der Waals surface area contributed by atoms with E-state index in [0.29, 0.717) is 6.42 Å². The normalized spacial score (nSPS) is 12.0. The minimum atomic E-state index is -0.750. The third-order valence-corrected chi connectivity index (χ3v) is 11.3. The van der Waals surface area contributed by atoms with Gasteiger partial charge in [-0.25, -0.2) is 0 Å². The zero-order valence-electron chi connectivity index (χ0n) is 18.7. The van der Waals surface area contributed by atoms with Crippen molar-refractivity contribution in [3.05, 3.63) is 121 Å². The highest BCUT2D eigenvalue weighted by molar-refractivity contribution is 7.77. The number of carbonyl (C=O) groups is 1. The third-order valence-electron chi connectivity index (χ3n) is 5.59. The Morgan fingerprint density at radius 2 is 1.00 bits per heavy atom. The van der Waals surface area contributed by atoms with Crippen molar-refractivity contribution in [3.63, 3.8) is 0 Å². The van der Waals surface area contributed by atoms with E-state index in [4.69, 9.17) is 4.74 Å². The van der Waals surface area contributed by atoms with Crippen LogP contribution in [0, 0.1) is 0 Å². The van der Waals surface area contributed by atoms with E-state index in [9.17, 15) is 4.79 Å². The van der Waals surface area contributed by atoms with Crippen LogP contribution in [0.15, 0.2) is 121 Å². The second-order valence-electron chi connectivity index (χ2n) is 7.76. The average molecular weight is 470 g/mol. The lowest BCUT2D eigenvalue weighted by Crippen LogP contribution is -2.29. The van der Waals surface area contributed by atoms with E-state index >= 15 is 0 Å². The Balaban J connectivity index is 1.80. The molecule has 2 nitrogen and oxygen atoms in total. The maximum atomic E-state index is 12.6. The van der Waals surface area contributed by atoms with Crippen molar-refractivity contribution < 1.29 is 9.53 Å². The molecule has 33 heavy (non-hydrogen) atoms. The molecule has 4 rings (SSSR count). The van der Waals surface area contributed by atoms with E-state index in [2.05, 4.69) is 121 Å². The standard InChI is InChI=1S/C29H28O2P2/c1-31-29(30)22-28(33(26-18-10-4-11-19-26)27-20-12-5-13-21-27)23-32(24-14-6-2-7-15-24)25-16-8-3-9-17-25/h2-21,28H,22-23H2,1H3/t28-/m0/s1. The first-order valence-corrected chi connectivity index (χ1v) is 14.0. The van der Waals surface area contributed by atoms with Crippen molar-refractivity contribution >= 4 is 43.0 Å². The van der Waals surface area contributed by atoms with Gasteiger partial charge in [-0.1, -0.05) is 121 Å². The number of methoxy groups -OCH3 is 1. The van der Waals surface area contributed by atoms with Crippen LogP contribution in [0.2, 0.25) is 0 Å². The van der Waals surface area contributed by atoms with Crippen molar-refractivity contribution in [3.8, 4) is 0 Å². The zero-order valence-corrected chi connectivity index (χ0v) is 20.5. The van der Waals surface area contributed by atoms with Gasteiger partial charge >= 0.3 is 5.97 Å². The van der Waals surface area contributed by atoms with Crippen LogP contribution in [-0.2, 0) is 9.53 Å². The highest BCUT2D eigenvalue weighted by atomic mass is 31.1. The molecular formula is C29H28O2P2. The molecule has 0 aliphatic carbocycles. The van der Waals surface area contributed by atoms with E-state index in [1.165, 1.54) is 28.3 Å². The molecule has 0 saturated heterocycles. The Morgan fingerprint density at radius 1 is 0.636 bits per heavy atom. The highest BCUT2D eigenvalue weighted by Gasteiger charge is 2.30. The Bertz CT molecular complexity index is 1040. The summed E-state index contributed by atoms with van der Waals surface area (Å²) >= 11 is 0. The summed E-state index contributed by atoms with van der Waals surface area (Å²) in [5, 5.41) is 5.27. The van der Waals surface area contributed by atoms with Gasteiger partial charge in [0, 0.05) is 5.66 Å². The Labute approximate surface area is 199 Å². The summed E-state index contributed by atoms with van der Waals surface area (Å²) in [6.07, 6.45) is 1.33. The van der Waals surface area contributed by atoms with E-state index in [0.717, 1.165) is 6.16 Å². The van der Waals surface area contributed by atoms with Gasteiger partial charge in [-0.2, -0.15) is 0 Å². The molecule has 0 aliphatic heterocycles. The molecule has 0 fully saturated rings. The molecule has 4 aromatic carbocycles. The zero-order chi connectivity index (χ0) is 22.9. The van der Waals surface area contributed by atoms with Gasteiger partial charge in [-0.05, 0) is 43.2 Å².